The molecule has 1 aliphatic rings. The van der Waals surface area contributed by atoms with Gasteiger partial charge < -0.3 is 20.1 Å². The van der Waals surface area contributed by atoms with Crippen LogP contribution in [-0.4, -0.2) is 36.5 Å². The molecule has 7 nitrogen and oxygen atoms in total. The van der Waals surface area contributed by atoms with Gasteiger partial charge in [0.15, 0.2) is 5.17 Å². The zero-order valence-corrected chi connectivity index (χ0v) is 15.7. The Morgan fingerprint density at radius 1 is 1.07 bits per heavy atom. The van der Waals surface area contributed by atoms with Crippen LogP contribution in [0, 0.1) is 0 Å². The summed E-state index contributed by atoms with van der Waals surface area (Å²) in [4.78, 5) is 28.9. The third-order valence-corrected chi connectivity index (χ3v) is 4.91. The Bertz CT molecular complexity index is 850. The number of thioether (sulfide) groups is 1. The number of carbonyl (C=O) groups is 2. The summed E-state index contributed by atoms with van der Waals surface area (Å²) in [6.07, 6.45) is 0.0916. The fourth-order valence-electron chi connectivity index (χ4n) is 2.42. The maximum absolute atomic E-state index is 12.5. The first-order valence-corrected chi connectivity index (χ1v) is 9.09. The van der Waals surface area contributed by atoms with Crippen molar-refractivity contribution in [2.45, 2.75) is 11.7 Å². The van der Waals surface area contributed by atoms with E-state index in [1.807, 2.05) is 0 Å². The molecule has 1 aliphatic heterocycles. The van der Waals surface area contributed by atoms with Gasteiger partial charge in [-0.25, -0.2) is 4.99 Å². The lowest BCUT2D eigenvalue weighted by atomic mass is 10.2. The third-order valence-electron chi connectivity index (χ3n) is 3.82. The van der Waals surface area contributed by atoms with E-state index in [4.69, 9.17) is 9.47 Å². The Kier molecular flexibility index (Phi) is 5.97. The van der Waals surface area contributed by atoms with Crippen LogP contribution in [0.4, 0.5) is 11.4 Å². The number of amidine groups is 1. The van der Waals surface area contributed by atoms with Gasteiger partial charge in [0.05, 0.1) is 19.9 Å². The fraction of sp³-hybridized carbons (Fsp3) is 0.211. The predicted octanol–water partition coefficient (Wildman–Crippen LogP) is 2.95. The van der Waals surface area contributed by atoms with E-state index >= 15 is 0 Å². The van der Waals surface area contributed by atoms with Crippen molar-refractivity contribution in [3.05, 3.63) is 48.5 Å². The van der Waals surface area contributed by atoms with Crippen LogP contribution in [0.2, 0.25) is 0 Å². The molecule has 27 heavy (non-hydrogen) atoms. The highest BCUT2D eigenvalue weighted by Gasteiger charge is 2.30. The molecular formula is C19H19N3O4S. The first-order valence-electron chi connectivity index (χ1n) is 8.21. The number of methoxy groups -OCH3 is 2. The van der Waals surface area contributed by atoms with Gasteiger partial charge in [0.1, 0.15) is 16.7 Å². The first-order chi connectivity index (χ1) is 13.1. The van der Waals surface area contributed by atoms with Crippen LogP contribution in [0.5, 0.6) is 11.5 Å². The molecular weight excluding hydrogens is 366 g/mol. The Labute approximate surface area is 161 Å². The maximum Gasteiger partial charge on any atom is 0.238 e. The lowest BCUT2D eigenvalue weighted by Crippen LogP contribution is -2.41. The monoisotopic (exact) mass is 385 g/mol. The van der Waals surface area contributed by atoms with E-state index in [0.29, 0.717) is 22.3 Å². The van der Waals surface area contributed by atoms with Gasteiger partial charge in [-0.3, -0.25) is 9.59 Å². The minimum atomic E-state index is -0.558. The smallest absolute Gasteiger partial charge is 0.238 e. The summed E-state index contributed by atoms with van der Waals surface area (Å²) in [5.41, 5.74) is 1.30. The van der Waals surface area contributed by atoms with Crippen molar-refractivity contribution in [3.63, 3.8) is 0 Å². The quantitative estimate of drug-likeness (QED) is 0.826. The second-order valence-corrected chi connectivity index (χ2v) is 6.88. The molecule has 2 aromatic rings. The number of nitrogens with one attached hydrogen (secondary N) is 2. The molecule has 1 saturated heterocycles. The summed E-state index contributed by atoms with van der Waals surface area (Å²) in [5.74, 6) is 0.933. The summed E-state index contributed by atoms with van der Waals surface area (Å²) in [7, 11) is 3.17. The van der Waals surface area contributed by atoms with Crippen molar-refractivity contribution in [2.24, 2.45) is 4.99 Å². The number of nitrogens with zero attached hydrogens (tertiary/aromatic N) is 1. The Balaban J connectivity index is 1.68. The second-order valence-electron chi connectivity index (χ2n) is 5.69. The van der Waals surface area contributed by atoms with Crippen molar-refractivity contribution in [1.82, 2.24) is 5.32 Å². The van der Waals surface area contributed by atoms with E-state index in [-0.39, 0.29) is 18.2 Å². The highest BCUT2D eigenvalue weighted by atomic mass is 32.2. The van der Waals surface area contributed by atoms with Gasteiger partial charge in [0.2, 0.25) is 11.8 Å². The van der Waals surface area contributed by atoms with E-state index in [9.17, 15) is 9.59 Å². The molecule has 0 aromatic heterocycles. The van der Waals surface area contributed by atoms with E-state index in [1.165, 1.54) is 11.8 Å². The van der Waals surface area contributed by atoms with Crippen LogP contribution < -0.4 is 20.1 Å². The number of ether oxygens (including phenoxy) is 2. The number of anilines is 1. The average Bonchev–Trinajstić information content (AvgIpc) is 2.68. The molecule has 140 valence electrons. The number of aliphatic imine (C=N–C) groups is 1. The second kappa shape index (κ2) is 8.59. The molecule has 1 heterocycles. The number of hydrogen-bond donors (Lipinski definition) is 2. The number of carbonyl (C=O) groups excluding carboxylic acids is 2. The van der Waals surface area contributed by atoms with E-state index < -0.39 is 5.25 Å². The van der Waals surface area contributed by atoms with Crippen molar-refractivity contribution in [1.29, 1.82) is 0 Å². The molecule has 0 spiro atoms. The number of hydrogen-bond acceptors (Lipinski definition) is 6. The number of benzene rings is 2. The molecule has 0 saturated carbocycles. The van der Waals surface area contributed by atoms with E-state index in [2.05, 4.69) is 15.6 Å². The van der Waals surface area contributed by atoms with E-state index in [1.54, 1.807) is 62.8 Å². The van der Waals surface area contributed by atoms with Crippen molar-refractivity contribution >= 4 is 40.1 Å². The molecule has 2 aromatic carbocycles. The Morgan fingerprint density at radius 3 is 2.26 bits per heavy atom. The normalized spacial score (nSPS) is 17.9. The molecule has 2 N–H and O–H groups in total. The van der Waals surface area contributed by atoms with E-state index in [0.717, 1.165) is 5.75 Å². The van der Waals surface area contributed by atoms with Crippen LogP contribution in [0.3, 0.4) is 0 Å². The molecule has 2 amide bonds. The highest BCUT2D eigenvalue weighted by molar-refractivity contribution is 8.15. The predicted molar refractivity (Wildman–Crippen MR) is 106 cm³/mol. The topological polar surface area (TPSA) is 89.0 Å². The zero-order valence-electron chi connectivity index (χ0n) is 14.9. The van der Waals surface area contributed by atoms with Crippen LogP contribution >= 0.6 is 11.8 Å². The fourth-order valence-corrected chi connectivity index (χ4v) is 3.42. The van der Waals surface area contributed by atoms with Gasteiger partial charge in [-0.15, -0.1) is 0 Å². The summed E-state index contributed by atoms with van der Waals surface area (Å²) in [5, 5.41) is 5.36. The summed E-state index contributed by atoms with van der Waals surface area (Å²) < 4.78 is 10.2. The Hall–Kier alpha value is -3.00. The standard InChI is InChI=1S/C19H19N3O4S/c1-25-14-7-3-12(4-8-14)20-18(24)16-11-17(23)22-19(27-16)21-13-5-9-15(26-2)10-6-13/h3-10,16H,11H2,1-2H3,(H,20,24)(H,21,22,23)/t16-/m1/s1. The molecule has 0 bridgehead atoms. The third kappa shape index (κ3) is 5.01. The number of rotatable bonds is 5. The lowest BCUT2D eigenvalue weighted by Gasteiger charge is -2.22. The van der Waals surface area contributed by atoms with Crippen LogP contribution in [-0.2, 0) is 9.59 Å². The first kappa shape index (κ1) is 18.8. The average molecular weight is 385 g/mol. The highest BCUT2D eigenvalue weighted by Crippen LogP contribution is 2.26. The summed E-state index contributed by atoms with van der Waals surface area (Å²) >= 11 is 1.23. The van der Waals surface area contributed by atoms with Gasteiger partial charge in [-0.1, -0.05) is 11.8 Å². The molecule has 0 aliphatic carbocycles. The molecule has 8 heteroatoms. The SMILES string of the molecule is COc1ccc(N=C2NC(=O)C[C@H](C(=O)Nc3ccc(OC)cc3)S2)cc1. The zero-order chi connectivity index (χ0) is 19.2. The molecule has 3 rings (SSSR count). The van der Waals surface area contributed by atoms with Crippen molar-refractivity contribution in [2.75, 3.05) is 19.5 Å². The largest absolute Gasteiger partial charge is 0.497 e. The molecule has 1 atom stereocenters. The minimum absolute atomic E-state index is 0.0916. The minimum Gasteiger partial charge on any atom is -0.497 e. The lowest BCUT2D eigenvalue weighted by molar-refractivity contribution is -0.123. The summed E-state index contributed by atoms with van der Waals surface area (Å²) in [6, 6.07) is 14.1. The van der Waals surface area contributed by atoms with Gasteiger partial charge in [0.25, 0.3) is 0 Å². The van der Waals surface area contributed by atoms with Gasteiger partial charge >= 0.3 is 0 Å². The van der Waals surface area contributed by atoms with Crippen LogP contribution in [0.1, 0.15) is 6.42 Å². The van der Waals surface area contributed by atoms with Crippen LogP contribution in [0.25, 0.3) is 0 Å². The van der Waals surface area contributed by atoms with Gasteiger partial charge in [-0.2, -0.15) is 0 Å². The van der Waals surface area contributed by atoms with Crippen molar-refractivity contribution < 1.29 is 19.1 Å². The van der Waals surface area contributed by atoms with Gasteiger partial charge in [-0.05, 0) is 48.5 Å². The van der Waals surface area contributed by atoms with Crippen LogP contribution in [0.15, 0.2) is 53.5 Å². The Morgan fingerprint density at radius 2 is 1.67 bits per heavy atom. The molecule has 0 radical (unpaired) electrons. The van der Waals surface area contributed by atoms with Crippen molar-refractivity contribution in [3.8, 4) is 11.5 Å². The summed E-state index contributed by atoms with van der Waals surface area (Å²) in [6.45, 7) is 0. The molecule has 0 unspecified atom stereocenters. The maximum atomic E-state index is 12.5. The molecule has 1 fully saturated rings. The number of amides is 2. The van der Waals surface area contributed by atoms with Gasteiger partial charge in [0, 0.05) is 12.1 Å².